The quantitative estimate of drug-likeness (QED) is 0.670. The first-order valence-corrected chi connectivity index (χ1v) is 9.82. The molecule has 0 bridgehead atoms. The highest BCUT2D eigenvalue weighted by molar-refractivity contribution is 6.04. The van der Waals surface area contributed by atoms with E-state index in [1.807, 2.05) is 56.4 Å². The van der Waals surface area contributed by atoms with E-state index in [-0.39, 0.29) is 17.9 Å². The highest BCUT2D eigenvalue weighted by Crippen LogP contribution is 2.36. The Bertz CT molecular complexity index is 1020. The van der Waals surface area contributed by atoms with E-state index >= 15 is 0 Å². The van der Waals surface area contributed by atoms with Crippen LogP contribution in [-0.2, 0) is 16.0 Å². The Balaban J connectivity index is 1.47. The van der Waals surface area contributed by atoms with Crippen molar-refractivity contribution in [3.63, 3.8) is 0 Å². The van der Waals surface area contributed by atoms with Gasteiger partial charge in [-0.25, -0.2) is 0 Å². The molecule has 0 saturated carbocycles. The van der Waals surface area contributed by atoms with Gasteiger partial charge in [0.15, 0.2) is 0 Å². The first-order valence-electron chi connectivity index (χ1n) is 9.82. The van der Waals surface area contributed by atoms with Crippen molar-refractivity contribution < 1.29 is 9.59 Å². The Kier molecular flexibility index (Phi) is 4.90. The summed E-state index contributed by atoms with van der Waals surface area (Å²) in [6, 6.07) is 15.2. The molecule has 1 atom stereocenters. The number of para-hydroxylation sites is 2. The molecule has 2 amide bonds. The van der Waals surface area contributed by atoms with Gasteiger partial charge in [0.2, 0.25) is 5.91 Å². The van der Waals surface area contributed by atoms with Crippen LogP contribution in [0, 0.1) is 0 Å². The van der Waals surface area contributed by atoms with Crippen LogP contribution in [0.1, 0.15) is 43.9 Å². The molecule has 0 spiro atoms. The van der Waals surface area contributed by atoms with Crippen LogP contribution in [0.5, 0.6) is 0 Å². The Hall–Kier alpha value is -3.08. The van der Waals surface area contributed by atoms with Gasteiger partial charge in [0.25, 0.3) is 5.91 Å². The maximum atomic E-state index is 13.1. The fourth-order valence-electron chi connectivity index (χ4n) is 4.10. The number of aromatic nitrogens is 1. The number of hydrogen-bond donors (Lipinski definition) is 2. The lowest BCUT2D eigenvalue weighted by atomic mass is 10.0. The largest absolute Gasteiger partial charge is 0.361 e. The van der Waals surface area contributed by atoms with E-state index in [0.29, 0.717) is 6.42 Å². The molecule has 0 aliphatic carbocycles. The molecule has 0 fully saturated rings. The monoisotopic (exact) mass is 375 g/mol. The van der Waals surface area contributed by atoms with E-state index in [9.17, 15) is 9.59 Å². The summed E-state index contributed by atoms with van der Waals surface area (Å²) >= 11 is 0. The average molecular weight is 375 g/mol. The zero-order chi connectivity index (χ0) is 19.7. The van der Waals surface area contributed by atoms with E-state index in [4.69, 9.17) is 0 Å². The number of benzene rings is 2. The number of rotatable bonds is 6. The van der Waals surface area contributed by atoms with E-state index in [0.717, 1.165) is 29.6 Å². The molecule has 0 saturated heterocycles. The van der Waals surface area contributed by atoms with Crippen molar-refractivity contribution in [3.8, 4) is 0 Å². The summed E-state index contributed by atoms with van der Waals surface area (Å²) in [7, 11) is 0. The van der Waals surface area contributed by atoms with Crippen LogP contribution in [0.25, 0.3) is 10.9 Å². The molecule has 2 aromatic carbocycles. The van der Waals surface area contributed by atoms with Gasteiger partial charge < -0.3 is 15.2 Å². The number of H-pyrrole nitrogens is 1. The summed E-state index contributed by atoms with van der Waals surface area (Å²) < 4.78 is 0. The van der Waals surface area contributed by atoms with Gasteiger partial charge in [-0.1, -0.05) is 36.4 Å². The van der Waals surface area contributed by atoms with Gasteiger partial charge in [0.1, 0.15) is 6.04 Å². The van der Waals surface area contributed by atoms with Crippen LogP contribution >= 0.6 is 0 Å². The van der Waals surface area contributed by atoms with E-state index < -0.39 is 6.04 Å². The third kappa shape index (κ3) is 3.28. The third-order valence-electron chi connectivity index (χ3n) is 5.40. The molecule has 1 aromatic heterocycles. The predicted molar refractivity (Wildman–Crippen MR) is 111 cm³/mol. The van der Waals surface area contributed by atoms with Crippen LogP contribution < -0.4 is 5.32 Å². The minimum absolute atomic E-state index is 0.0201. The molecule has 144 valence electrons. The van der Waals surface area contributed by atoms with E-state index in [1.54, 1.807) is 4.90 Å². The van der Waals surface area contributed by atoms with Crippen molar-refractivity contribution in [2.45, 2.75) is 45.2 Å². The lowest BCUT2D eigenvalue weighted by Gasteiger charge is -2.31. The fourth-order valence-corrected chi connectivity index (χ4v) is 4.10. The Morgan fingerprint density at radius 1 is 1.11 bits per heavy atom. The molecule has 0 radical (unpaired) electrons. The van der Waals surface area contributed by atoms with Crippen molar-refractivity contribution in [2.75, 3.05) is 5.32 Å². The second-order valence-electron chi connectivity index (χ2n) is 7.59. The topological polar surface area (TPSA) is 65.2 Å². The lowest BCUT2D eigenvalue weighted by Crippen LogP contribution is -2.42. The molecular weight excluding hydrogens is 350 g/mol. The number of aromatic amines is 1. The second-order valence-corrected chi connectivity index (χ2v) is 7.59. The van der Waals surface area contributed by atoms with Crippen LogP contribution in [0.4, 0.5) is 5.69 Å². The number of amides is 2. The Morgan fingerprint density at radius 3 is 2.68 bits per heavy atom. The van der Waals surface area contributed by atoms with Crippen molar-refractivity contribution >= 4 is 28.4 Å². The van der Waals surface area contributed by atoms with Crippen molar-refractivity contribution in [1.29, 1.82) is 0 Å². The number of hydrogen-bond acceptors (Lipinski definition) is 2. The van der Waals surface area contributed by atoms with Crippen LogP contribution in [0.3, 0.4) is 0 Å². The minimum atomic E-state index is -0.545. The molecule has 5 heteroatoms. The minimum Gasteiger partial charge on any atom is -0.361 e. The van der Waals surface area contributed by atoms with Crippen molar-refractivity contribution in [1.82, 2.24) is 9.88 Å². The van der Waals surface area contributed by atoms with Gasteiger partial charge in [0, 0.05) is 40.8 Å². The highest BCUT2D eigenvalue weighted by Gasteiger charge is 2.38. The number of anilines is 1. The number of fused-ring (bicyclic) bond motifs is 2. The smallest absolute Gasteiger partial charge is 0.251 e. The number of aryl methyl sites for hydroxylation is 1. The summed E-state index contributed by atoms with van der Waals surface area (Å²) in [6.45, 7) is 3.93. The first kappa shape index (κ1) is 18.3. The average Bonchev–Trinajstić information content (AvgIpc) is 3.23. The molecule has 4 rings (SSSR count). The Morgan fingerprint density at radius 2 is 1.86 bits per heavy atom. The van der Waals surface area contributed by atoms with E-state index in [1.165, 1.54) is 10.9 Å². The maximum Gasteiger partial charge on any atom is 0.251 e. The molecule has 5 nitrogen and oxygen atoms in total. The third-order valence-corrected chi connectivity index (χ3v) is 5.40. The summed E-state index contributed by atoms with van der Waals surface area (Å²) in [5.41, 5.74) is 4.02. The molecular formula is C23H25N3O2. The standard InChI is InChI=1S/C23H25N3O2/c1-15(2)26(22-18-10-4-6-12-20(18)25-23(22)28)21(27)13-7-8-16-14-24-19-11-5-3-9-17(16)19/h3-6,9-12,14-15,22,24H,7-8,13H2,1-2H3,(H,25,28). The number of nitrogens with zero attached hydrogens (tertiary/aromatic N) is 1. The highest BCUT2D eigenvalue weighted by atomic mass is 16.2. The number of nitrogens with one attached hydrogen (secondary N) is 2. The molecule has 1 aliphatic rings. The predicted octanol–water partition coefficient (Wildman–Crippen LogP) is 4.42. The molecule has 1 unspecified atom stereocenters. The van der Waals surface area contributed by atoms with Gasteiger partial charge in [-0.05, 0) is 44.4 Å². The van der Waals surface area contributed by atoms with Crippen LogP contribution in [0.2, 0.25) is 0 Å². The normalized spacial score (nSPS) is 15.7. The molecule has 2 N–H and O–H groups in total. The maximum absolute atomic E-state index is 13.1. The van der Waals surface area contributed by atoms with Gasteiger partial charge in [-0.15, -0.1) is 0 Å². The summed E-state index contributed by atoms with van der Waals surface area (Å²) in [5, 5.41) is 4.11. The fraction of sp³-hybridized carbons (Fsp3) is 0.304. The first-order chi connectivity index (χ1) is 13.6. The lowest BCUT2D eigenvalue weighted by molar-refractivity contribution is -0.140. The van der Waals surface area contributed by atoms with Crippen molar-refractivity contribution in [3.05, 3.63) is 65.9 Å². The van der Waals surface area contributed by atoms with Gasteiger partial charge >= 0.3 is 0 Å². The molecule has 1 aliphatic heterocycles. The summed E-state index contributed by atoms with van der Waals surface area (Å²) in [6.07, 6.45) is 4.02. The van der Waals surface area contributed by atoms with Gasteiger partial charge in [0.05, 0.1) is 0 Å². The van der Waals surface area contributed by atoms with Crippen LogP contribution in [0.15, 0.2) is 54.7 Å². The second kappa shape index (κ2) is 7.50. The summed E-state index contributed by atoms with van der Waals surface area (Å²) in [4.78, 5) is 30.6. The Labute approximate surface area is 164 Å². The molecule has 3 aromatic rings. The van der Waals surface area contributed by atoms with Gasteiger partial charge in [-0.3, -0.25) is 9.59 Å². The van der Waals surface area contributed by atoms with E-state index in [2.05, 4.69) is 22.4 Å². The molecule has 2 heterocycles. The zero-order valence-electron chi connectivity index (χ0n) is 16.2. The number of carbonyl (C=O) groups excluding carboxylic acids is 2. The SMILES string of the molecule is CC(C)N(C(=O)CCCc1c[nH]c2ccccc12)C1C(=O)Nc2ccccc21. The zero-order valence-corrected chi connectivity index (χ0v) is 16.2. The van der Waals surface area contributed by atoms with Crippen molar-refractivity contribution in [2.24, 2.45) is 0 Å². The van der Waals surface area contributed by atoms with Gasteiger partial charge in [-0.2, -0.15) is 0 Å². The number of carbonyl (C=O) groups is 2. The summed E-state index contributed by atoms with van der Waals surface area (Å²) in [5.74, 6) is -0.105. The van der Waals surface area contributed by atoms with Crippen LogP contribution in [-0.4, -0.2) is 27.7 Å². The molecule has 28 heavy (non-hydrogen) atoms.